The van der Waals surface area contributed by atoms with Crippen molar-refractivity contribution in [3.05, 3.63) is 59.2 Å². The number of hydrogen-bond acceptors (Lipinski definition) is 2. The predicted octanol–water partition coefficient (Wildman–Crippen LogP) is 4.98. The smallest absolute Gasteiger partial charge is 0.226 e. The molecule has 0 radical (unpaired) electrons. The summed E-state index contributed by atoms with van der Waals surface area (Å²) in [4.78, 5) is 26.5. The highest BCUT2D eigenvalue weighted by molar-refractivity contribution is 5.96. The zero-order valence-electron chi connectivity index (χ0n) is 17.2. The molecule has 2 rings (SSSR count). The summed E-state index contributed by atoms with van der Waals surface area (Å²) in [5.41, 5.74) is 4.82. The highest BCUT2D eigenvalue weighted by Crippen LogP contribution is 2.29. The molecule has 4 nitrogen and oxygen atoms in total. The first kappa shape index (κ1) is 20.7. The quantitative estimate of drug-likeness (QED) is 0.811. The number of benzene rings is 2. The van der Waals surface area contributed by atoms with Gasteiger partial charge in [0.05, 0.1) is 0 Å². The topological polar surface area (TPSA) is 49.4 Å². The molecule has 0 fully saturated rings. The van der Waals surface area contributed by atoms with Crippen molar-refractivity contribution in [2.24, 2.45) is 0 Å². The van der Waals surface area contributed by atoms with Gasteiger partial charge in [-0.05, 0) is 42.0 Å². The summed E-state index contributed by atoms with van der Waals surface area (Å²) in [7, 11) is 0. The Morgan fingerprint density at radius 3 is 2.11 bits per heavy atom. The molecule has 0 aliphatic rings. The number of nitrogens with zero attached hydrogens (tertiary/aromatic N) is 1. The van der Waals surface area contributed by atoms with Crippen LogP contribution >= 0.6 is 0 Å². The van der Waals surface area contributed by atoms with E-state index in [4.69, 9.17) is 0 Å². The molecule has 0 saturated heterocycles. The lowest BCUT2D eigenvalue weighted by Crippen LogP contribution is -2.33. The van der Waals surface area contributed by atoms with E-state index in [1.54, 1.807) is 11.8 Å². The highest BCUT2D eigenvalue weighted by atomic mass is 16.2. The zero-order valence-corrected chi connectivity index (χ0v) is 17.2. The molecule has 2 aromatic carbocycles. The van der Waals surface area contributed by atoms with E-state index in [0.717, 1.165) is 28.1 Å². The van der Waals surface area contributed by atoms with Gasteiger partial charge in [-0.15, -0.1) is 0 Å². The zero-order chi connectivity index (χ0) is 20.2. The minimum Gasteiger partial charge on any atom is -0.326 e. The minimum absolute atomic E-state index is 0.0599. The van der Waals surface area contributed by atoms with Crippen LogP contribution in [0.1, 0.15) is 50.8 Å². The van der Waals surface area contributed by atoms with Gasteiger partial charge in [0.25, 0.3) is 0 Å². The molecule has 0 aliphatic carbocycles. The Balaban J connectivity index is 2.14. The van der Waals surface area contributed by atoms with Crippen molar-refractivity contribution in [1.29, 1.82) is 0 Å². The maximum Gasteiger partial charge on any atom is 0.226 e. The van der Waals surface area contributed by atoms with Gasteiger partial charge in [-0.2, -0.15) is 0 Å². The highest BCUT2D eigenvalue weighted by Gasteiger charge is 2.20. The average Bonchev–Trinajstić information content (AvgIpc) is 2.56. The standard InChI is InChI=1S/C23H30N2O2/c1-16-10-9-11-17(2)22(16)25(18(3)26)15-14-21(27)24-20-13-8-7-12-19(20)23(4,5)6/h7-13H,14-15H2,1-6H3,(H,24,27). The van der Waals surface area contributed by atoms with Crippen molar-refractivity contribution in [3.63, 3.8) is 0 Å². The monoisotopic (exact) mass is 366 g/mol. The summed E-state index contributed by atoms with van der Waals surface area (Å²) in [5.74, 6) is -0.153. The third kappa shape index (κ3) is 5.19. The first-order valence-corrected chi connectivity index (χ1v) is 9.35. The number of nitrogens with one attached hydrogen (secondary N) is 1. The number of carbonyl (C=O) groups excluding carboxylic acids is 2. The SMILES string of the molecule is CC(=O)N(CCC(=O)Nc1ccccc1C(C)(C)C)c1c(C)cccc1C. The third-order valence-corrected chi connectivity index (χ3v) is 4.66. The van der Waals surface area contributed by atoms with E-state index >= 15 is 0 Å². The van der Waals surface area contributed by atoms with E-state index in [9.17, 15) is 9.59 Å². The lowest BCUT2D eigenvalue weighted by atomic mass is 9.86. The molecule has 27 heavy (non-hydrogen) atoms. The Hall–Kier alpha value is -2.62. The Labute approximate surface area is 162 Å². The van der Waals surface area contributed by atoms with Crippen molar-refractivity contribution < 1.29 is 9.59 Å². The Kier molecular flexibility index (Phi) is 6.42. The van der Waals surface area contributed by atoms with Crippen LogP contribution in [-0.2, 0) is 15.0 Å². The van der Waals surface area contributed by atoms with Gasteiger partial charge >= 0.3 is 0 Å². The molecular weight excluding hydrogens is 336 g/mol. The van der Waals surface area contributed by atoms with E-state index in [2.05, 4.69) is 26.1 Å². The van der Waals surface area contributed by atoms with Crippen molar-refractivity contribution >= 4 is 23.2 Å². The van der Waals surface area contributed by atoms with Crippen LogP contribution < -0.4 is 10.2 Å². The van der Waals surface area contributed by atoms with Crippen LogP contribution in [0.4, 0.5) is 11.4 Å². The molecule has 2 aromatic rings. The fourth-order valence-corrected chi connectivity index (χ4v) is 3.33. The molecule has 0 unspecified atom stereocenters. The van der Waals surface area contributed by atoms with Crippen LogP contribution in [0.3, 0.4) is 0 Å². The number of anilines is 2. The van der Waals surface area contributed by atoms with E-state index < -0.39 is 0 Å². The maximum atomic E-state index is 12.6. The molecule has 4 heteroatoms. The summed E-state index contributed by atoms with van der Waals surface area (Å²) in [6, 6.07) is 13.8. The van der Waals surface area contributed by atoms with Crippen molar-refractivity contribution in [2.75, 3.05) is 16.8 Å². The fourth-order valence-electron chi connectivity index (χ4n) is 3.33. The fraction of sp³-hybridized carbons (Fsp3) is 0.391. The number of hydrogen-bond donors (Lipinski definition) is 1. The minimum atomic E-state index is -0.0933. The molecule has 1 N–H and O–H groups in total. The summed E-state index contributed by atoms with van der Waals surface area (Å²) < 4.78 is 0. The average molecular weight is 367 g/mol. The van der Waals surface area contributed by atoms with Gasteiger partial charge in [-0.25, -0.2) is 0 Å². The number of para-hydroxylation sites is 2. The Morgan fingerprint density at radius 1 is 0.963 bits per heavy atom. The van der Waals surface area contributed by atoms with Crippen LogP contribution in [0.15, 0.2) is 42.5 Å². The molecule has 0 aliphatic heterocycles. The number of amides is 2. The van der Waals surface area contributed by atoms with Crippen molar-refractivity contribution in [3.8, 4) is 0 Å². The van der Waals surface area contributed by atoms with Gasteiger partial charge in [-0.3, -0.25) is 9.59 Å². The first-order chi connectivity index (χ1) is 12.6. The van der Waals surface area contributed by atoms with E-state index in [1.807, 2.05) is 56.3 Å². The number of aryl methyl sites for hydroxylation is 2. The van der Waals surface area contributed by atoms with E-state index in [0.29, 0.717) is 6.54 Å². The molecule has 2 amide bonds. The first-order valence-electron chi connectivity index (χ1n) is 9.35. The molecule has 0 atom stereocenters. The second-order valence-corrected chi connectivity index (χ2v) is 8.00. The molecule has 0 bridgehead atoms. The number of carbonyl (C=O) groups is 2. The summed E-state index contributed by atoms with van der Waals surface area (Å²) in [5, 5.41) is 3.02. The van der Waals surface area contributed by atoms with Crippen LogP contribution in [0, 0.1) is 13.8 Å². The van der Waals surface area contributed by atoms with Crippen molar-refractivity contribution in [2.45, 2.75) is 53.4 Å². The third-order valence-electron chi connectivity index (χ3n) is 4.66. The van der Waals surface area contributed by atoms with Crippen LogP contribution in [0.5, 0.6) is 0 Å². The molecule has 0 saturated carbocycles. The molecular formula is C23H30N2O2. The largest absolute Gasteiger partial charge is 0.326 e. The lowest BCUT2D eigenvalue weighted by Gasteiger charge is -2.25. The van der Waals surface area contributed by atoms with Crippen molar-refractivity contribution in [1.82, 2.24) is 0 Å². The van der Waals surface area contributed by atoms with Gasteiger partial charge < -0.3 is 10.2 Å². The number of rotatable bonds is 5. The van der Waals surface area contributed by atoms with Crippen LogP contribution in [-0.4, -0.2) is 18.4 Å². The van der Waals surface area contributed by atoms with Crippen LogP contribution in [0.2, 0.25) is 0 Å². The van der Waals surface area contributed by atoms with Gasteiger partial charge in [0.2, 0.25) is 11.8 Å². The van der Waals surface area contributed by atoms with Crippen LogP contribution in [0.25, 0.3) is 0 Å². The molecule has 0 aromatic heterocycles. The summed E-state index contributed by atoms with van der Waals surface area (Å²) in [6.45, 7) is 12.2. The Bertz CT molecular complexity index is 814. The van der Waals surface area contributed by atoms with E-state index in [-0.39, 0.29) is 23.7 Å². The van der Waals surface area contributed by atoms with Gasteiger partial charge in [0.1, 0.15) is 0 Å². The second-order valence-electron chi connectivity index (χ2n) is 8.00. The Morgan fingerprint density at radius 2 is 1.56 bits per heavy atom. The summed E-state index contributed by atoms with van der Waals surface area (Å²) >= 11 is 0. The molecule has 144 valence electrons. The second kappa shape index (κ2) is 8.38. The normalized spacial score (nSPS) is 11.2. The molecule has 0 heterocycles. The van der Waals surface area contributed by atoms with Gasteiger partial charge in [0, 0.05) is 31.3 Å². The summed E-state index contributed by atoms with van der Waals surface area (Å²) in [6.07, 6.45) is 0.242. The maximum absolute atomic E-state index is 12.6. The lowest BCUT2D eigenvalue weighted by molar-refractivity contribution is -0.117. The molecule has 0 spiro atoms. The van der Waals surface area contributed by atoms with E-state index in [1.165, 1.54) is 0 Å². The van der Waals surface area contributed by atoms with Gasteiger partial charge in [0.15, 0.2) is 0 Å². The predicted molar refractivity (Wildman–Crippen MR) is 112 cm³/mol. The van der Waals surface area contributed by atoms with Gasteiger partial charge in [-0.1, -0.05) is 57.2 Å².